The van der Waals surface area contributed by atoms with Crippen LogP contribution in [0.4, 0.5) is 5.69 Å². The summed E-state index contributed by atoms with van der Waals surface area (Å²) in [6, 6.07) is 15.1. The van der Waals surface area contributed by atoms with Crippen LogP contribution in [0.15, 0.2) is 42.5 Å². The van der Waals surface area contributed by atoms with Crippen molar-refractivity contribution < 1.29 is 18.9 Å². The van der Waals surface area contributed by atoms with Gasteiger partial charge in [-0.05, 0) is 86.1 Å². The van der Waals surface area contributed by atoms with Gasteiger partial charge in [0, 0.05) is 0 Å². The standard InChI is InChI=1S/C24H26N.Li/c1-14-10-16(3)22(17(4)11-14)20-8-7-9-21(24(20)25)23-18(5)12-15(2)13-19(23)6;/h7-13,25H,1-6H3;/q-1;+1. The van der Waals surface area contributed by atoms with Crippen LogP contribution in [0.1, 0.15) is 33.4 Å². The third-order valence-corrected chi connectivity index (χ3v) is 4.96. The van der Waals surface area contributed by atoms with Crippen molar-refractivity contribution in [3.05, 3.63) is 81.6 Å². The molecule has 2 heteroatoms. The van der Waals surface area contributed by atoms with Crippen molar-refractivity contribution in [2.75, 3.05) is 0 Å². The van der Waals surface area contributed by atoms with Crippen LogP contribution >= 0.6 is 0 Å². The van der Waals surface area contributed by atoms with E-state index in [0.717, 1.165) is 11.1 Å². The topological polar surface area (TPSA) is 23.8 Å². The molecule has 0 unspecified atom stereocenters. The number of aryl methyl sites for hydroxylation is 6. The molecule has 0 aliphatic rings. The Morgan fingerprint density at radius 2 is 0.885 bits per heavy atom. The zero-order valence-corrected chi connectivity index (χ0v) is 17.0. The van der Waals surface area contributed by atoms with E-state index in [-0.39, 0.29) is 18.9 Å². The fourth-order valence-electron chi connectivity index (χ4n) is 4.18. The van der Waals surface area contributed by atoms with Crippen molar-refractivity contribution in [3.8, 4) is 22.3 Å². The van der Waals surface area contributed by atoms with Gasteiger partial charge in [-0.3, -0.25) is 0 Å². The van der Waals surface area contributed by atoms with Crippen LogP contribution in [0.25, 0.3) is 28.0 Å². The van der Waals surface area contributed by atoms with E-state index in [1.165, 1.54) is 44.5 Å². The van der Waals surface area contributed by atoms with Crippen LogP contribution < -0.4 is 18.9 Å². The van der Waals surface area contributed by atoms with E-state index in [2.05, 4.69) is 84.0 Å². The fourth-order valence-corrected chi connectivity index (χ4v) is 4.18. The van der Waals surface area contributed by atoms with Crippen LogP contribution in [0.5, 0.6) is 0 Å². The Bertz CT molecular complexity index is 848. The maximum absolute atomic E-state index is 8.92. The summed E-state index contributed by atoms with van der Waals surface area (Å²) in [4.78, 5) is 0. The van der Waals surface area contributed by atoms with Crippen molar-refractivity contribution in [2.24, 2.45) is 0 Å². The van der Waals surface area contributed by atoms with Gasteiger partial charge >= 0.3 is 18.9 Å². The number of rotatable bonds is 2. The normalized spacial score (nSPS) is 10.5. The van der Waals surface area contributed by atoms with Gasteiger partial charge in [-0.25, -0.2) is 0 Å². The Labute approximate surface area is 169 Å². The molecule has 0 aliphatic carbocycles. The van der Waals surface area contributed by atoms with Crippen LogP contribution in [-0.4, -0.2) is 0 Å². The minimum atomic E-state index is 0. The van der Waals surface area contributed by atoms with Crippen LogP contribution in [0, 0.1) is 41.5 Å². The molecule has 128 valence electrons. The van der Waals surface area contributed by atoms with Gasteiger partial charge in [0.05, 0.1) is 0 Å². The molecule has 0 bridgehead atoms. The SMILES string of the molecule is Cc1cc(C)c(-c2cccc(-c3c(C)cc(C)cc3C)c2[NH-])c(C)c1.[Li+]. The zero-order valence-electron chi connectivity index (χ0n) is 17.0. The number of hydrogen-bond acceptors (Lipinski definition) is 0. The second-order valence-electron chi connectivity index (χ2n) is 7.28. The third-order valence-electron chi connectivity index (χ3n) is 4.96. The van der Waals surface area contributed by atoms with Crippen LogP contribution in [-0.2, 0) is 0 Å². The minimum Gasteiger partial charge on any atom is -0.698 e. The number of nitrogens with one attached hydrogen (secondary N) is 1. The Morgan fingerprint density at radius 1 is 0.577 bits per heavy atom. The van der Waals surface area contributed by atoms with E-state index in [1.807, 2.05) is 0 Å². The molecule has 3 aromatic rings. The molecule has 1 nitrogen and oxygen atoms in total. The zero-order chi connectivity index (χ0) is 18.3. The van der Waals surface area contributed by atoms with E-state index in [0.29, 0.717) is 5.69 Å². The van der Waals surface area contributed by atoms with Gasteiger partial charge in [-0.1, -0.05) is 53.6 Å². The molecule has 0 aliphatic heterocycles. The summed E-state index contributed by atoms with van der Waals surface area (Å²) in [7, 11) is 0. The van der Waals surface area contributed by atoms with Gasteiger partial charge in [0.25, 0.3) is 0 Å². The summed E-state index contributed by atoms with van der Waals surface area (Å²) in [6.07, 6.45) is 0. The summed E-state index contributed by atoms with van der Waals surface area (Å²) in [5.74, 6) is 0. The van der Waals surface area contributed by atoms with E-state index >= 15 is 0 Å². The molecule has 0 saturated heterocycles. The summed E-state index contributed by atoms with van der Waals surface area (Å²) in [6.45, 7) is 12.8. The Morgan fingerprint density at radius 3 is 1.19 bits per heavy atom. The average molecular weight is 335 g/mol. The van der Waals surface area contributed by atoms with Crippen molar-refractivity contribution in [1.82, 2.24) is 0 Å². The molecule has 0 radical (unpaired) electrons. The number of benzene rings is 3. The monoisotopic (exact) mass is 335 g/mol. The van der Waals surface area contributed by atoms with Gasteiger partial charge in [0.2, 0.25) is 0 Å². The predicted molar refractivity (Wildman–Crippen MR) is 110 cm³/mol. The molecular weight excluding hydrogens is 309 g/mol. The summed E-state index contributed by atoms with van der Waals surface area (Å²) in [5, 5.41) is 0. The molecule has 3 rings (SSSR count). The predicted octanol–water partition coefficient (Wildman–Crippen LogP) is 4.56. The molecule has 26 heavy (non-hydrogen) atoms. The van der Waals surface area contributed by atoms with Gasteiger partial charge in [-0.2, -0.15) is 0 Å². The molecule has 0 aromatic heterocycles. The van der Waals surface area contributed by atoms with Crippen molar-refractivity contribution in [2.45, 2.75) is 41.5 Å². The molecule has 0 spiro atoms. The molecule has 0 heterocycles. The van der Waals surface area contributed by atoms with Crippen molar-refractivity contribution in [1.29, 1.82) is 0 Å². The maximum Gasteiger partial charge on any atom is 1.00 e. The minimum absolute atomic E-state index is 0. The second kappa shape index (κ2) is 7.75. The van der Waals surface area contributed by atoms with Gasteiger partial charge < -0.3 is 5.73 Å². The number of hydrogen-bond donors (Lipinski definition) is 0. The van der Waals surface area contributed by atoms with E-state index in [9.17, 15) is 0 Å². The first-order chi connectivity index (χ1) is 11.8. The van der Waals surface area contributed by atoms with Crippen LogP contribution in [0.2, 0.25) is 0 Å². The molecule has 0 saturated carbocycles. The van der Waals surface area contributed by atoms with Crippen molar-refractivity contribution in [3.63, 3.8) is 0 Å². The van der Waals surface area contributed by atoms with E-state index in [1.54, 1.807) is 0 Å². The second-order valence-corrected chi connectivity index (χ2v) is 7.28. The molecule has 1 N–H and O–H groups in total. The first-order valence-corrected chi connectivity index (χ1v) is 8.80. The molecular formula is C24H26LiN. The fraction of sp³-hybridized carbons (Fsp3) is 0.250. The van der Waals surface area contributed by atoms with Gasteiger partial charge in [0.1, 0.15) is 0 Å². The quantitative estimate of drug-likeness (QED) is 0.613. The van der Waals surface area contributed by atoms with E-state index < -0.39 is 0 Å². The molecule has 0 amide bonds. The smallest absolute Gasteiger partial charge is 0.698 e. The Hall–Kier alpha value is -1.94. The third kappa shape index (κ3) is 3.61. The molecule has 3 aromatic carbocycles. The maximum atomic E-state index is 8.92. The Balaban J connectivity index is 0.00000243. The first kappa shape index (κ1) is 20.4. The van der Waals surface area contributed by atoms with Crippen LogP contribution in [0.3, 0.4) is 0 Å². The first-order valence-electron chi connectivity index (χ1n) is 8.80. The summed E-state index contributed by atoms with van der Waals surface area (Å²) in [5.41, 5.74) is 21.4. The molecule has 0 atom stereocenters. The van der Waals surface area contributed by atoms with Gasteiger partial charge in [0.15, 0.2) is 0 Å². The largest absolute Gasteiger partial charge is 1.00 e. The van der Waals surface area contributed by atoms with Crippen molar-refractivity contribution >= 4 is 5.69 Å². The summed E-state index contributed by atoms with van der Waals surface area (Å²) < 4.78 is 0. The summed E-state index contributed by atoms with van der Waals surface area (Å²) >= 11 is 0. The Kier molecular flexibility index (Phi) is 6.07. The molecule has 0 fully saturated rings. The van der Waals surface area contributed by atoms with E-state index in [4.69, 9.17) is 5.73 Å². The van der Waals surface area contributed by atoms with Gasteiger partial charge in [-0.15, -0.1) is 5.69 Å². The average Bonchev–Trinajstić information content (AvgIpc) is 2.48.